The highest BCUT2D eigenvalue weighted by Crippen LogP contribution is 2.21. The summed E-state index contributed by atoms with van der Waals surface area (Å²) in [5.74, 6) is 2.89. The molecule has 0 saturated carbocycles. The van der Waals surface area contributed by atoms with Gasteiger partial charge >= 0.3 is 0 Å². The molecule has 3 aromatic carbocycles. The van der Waals surface area contributed by atoms with Crippen molar-refractivity contribution in [1.29, 1.82) is 0 Å². The van der Waals surface area contributed by atoms with Crippen molar-refractivity contribution < 1.29 is 22.0 Å². The van der Waals surface area contributed by atoms with Gasteiger partial charge < -0.3 is 4.55 Å². The molecule has 192 valence electrons. The van der Waals surface area contributed by atoms with Crippen LogP contribution in [0.4, 0.5) is 5.69 Å². The van der Waals surface area contributed by atoms with Crippen LogP contribution in [-0.2, 0) is 37.8 Å². The first kappa shape index (κ1) is 27.9. The predicted molar refractivity (Wildman–Crippen MR) is 146 cm³/mol. The topological polar surface area (TPSA) is 86.7 Å². The Morgan fingerprint density at radius 2 is 1.44 bits per heavy atom. The molecular formula is C28H33NO5S2. The van der Waals surface area contributed by atoms with Crippen LogP contribution < -0.4 is 5.06 Å². The molecule has 3 aromatic rings. The Balaban J connectivity index is 1.57. The second-order valence-corrected chi connectivity index (χ2v) is 11.9. The molecule has 1 atom stereocenters. The van der Waals surface area contributed by atoms with E-state index in [9.17, 15) is 17.8 Å². The molecule has 3 rings (SSSR count). The Bertz CT molecular complexity index is 1170. The minimum absolute atomic E-state index is 0.177. The third-order valence-electron chi connectivity index (χ3n) is 5.69. The maximum Gasteiger partial charge on any atom is 0.283 e. The van der Waals surface area contributed by atoms with Gasteiger partial charge in [-0.1, -0.05) is 74.0 Å². The first-order chi connectivity index (χ1) is 17.4. The first-order valence-corrected chi connectivity index (χ1v) is 15.2. The molecule has 8 heteroatoms. The average molecular weight is 528 g/mol. The largest absolute Gasteiger partial charge is 0.724 e. The van der Waals surface area contributed by atoms with Gasteiger partial charge in [0.2, 0.25) is 10.4 Å². The maximum absolute atomic E-state index is 12.8. The van der Waals surface area contributed by atoms with Crippen molar-refractivity contribution in [2.45, 2.75) is 44.8 Å². The maximum atomic E-state index is 12.8. The average Bonchev–Trinajstić information content (AvgIpc) is 2.89. The molecule has 6 nitrogen and oxygen atoms in total. The number of amides is 1. The molecule has 36 heavy (non-hydrogen) atoms. The van der Waals surface area contributed by atoms with Crippen molar-refractivity contribution >= 4 is 32.9 Å². The molecule has 0 aliphatic carbocycles. The zero-order chi connectivity index (χ0) is 25.8. The van der Waals surface area contributed by atoms with Gasteiger partial charge in [-0.05, 0) is 66.4 Å². The smallest absolute Gasteiger partial charge is 0.283 e. The molecule has 0 N–H and O–H groups in total. The number of nitrogens with zero attached hydrogens (tertiary/aromatic N) is 1. The number of hydroxylamine groups is 1. The number of rotatable bonds is 14. The van der Waals surface area contributed by atoms with Gasteiger partial charge in [0, 0.05) is 11.1 Å². The lowest BCUT2D eigenvalue weighted by Gasteiger charge is -2.22. The quantitative estimate of drug-likeness (QED) is 0.0887. The fourth-order valence-electron chi connectivity index (χ4n) is 3.82. The van der Waals surface area contributed by atoms with Gasteiger partial charge in [-0.15, -0.1) is 4.28 Å². The predicted octanol–water partition coefficient (Wildman–Crippen LogP) is 5.67. The van der Waals surface area contributed by atoms with E-state index in [-0.39, 0.29) is 11.3 Å². The number of aryl methyl sites for hydroxylation is 1. The third-order valence-corrected chi connectivity index (χ3v) is 8.50. The fraction of sp³-hybridized carbons (Fsp3) is 0.321. The summed E-state index contributed by atoms with van der Waals surface area (Å²) >= 11 is 0. The van der Waals surface area contributed by atoms with E-state index in [4.69, 9.17) is 0 Å². The summed E-state index contributed by atoms with van der Waals surface area (Å²) in [6.45, 7) is 2.24. The highest BCUT2D eigenvalue weighted by Gasteiger charge is 2.22. The molecule has 0 aromatic heterocycles. The Labute approximate surface area is 217 Å². The molecule has 1 amide bonds. The monoisotopic (exact) mass is 527 g/mol. The van der Waals surface area contributed by atoms with Crippen LogP contribution in [0.25, 0.3) is 0 Å². The summed E-state index contributed by atoms with van der Waals surface area (Å²) in [6, 6.07) is 25.6. The summed E-state index contributed by atoms with van der Waals surface area (Å²) in [4.78, 5) is 12.8. The Morgan fingerprint density at radius 3 is 2.06 bits per heavy atom. The van der Waals surface area contributed by atoms with Crippen molar-refractivity contribution in [1.82, 2.24) is 0 Å². The number of benzene rings is 3. The molecule has 0 fully saturated rings. The van der Waals surface area contributed by atoms with Crippen molar-refractivity contribution in [2.75, 3.05) is 16.6 Å². The molecule has 0 spiro atoms. The van der Waals surface area contributed by atoms with Gasteiger partial charge in [0.15, 0.2) is 0 Å². The number of anilines is 1. The second-order valence-electron chi connectivity index (χ2n) is 8.58. The van der Waals surface area contributed by atoms with E-state index in [1.807, 2.05) is 12.1 Å². The first-order valence-electron chi connectivity index (χ1n) is 12.2. The van der Waals surface area contributed by atoms with E-state index in [1.54, 1.807) is 30.3 Å². The molecule has 1 unspecified atom stereocenters. The van der Waals surface area contributed by atoms with Crippen molar-refractivity contribution in [2.24, 2.45) is 0 Å². The number of unbranched alkanes of at least 4 members (excludes halogenated alkanes) is 2. The van der Waals surface area contributed by atoms with E-state index >= 15 is 0 Å². The summed E-state index contributed by atoms with van der Waals surface area (Å²) < 4.78 is 38.3. The lowest BCUT2D eigenvalue weighted by atomic mass is 10.1. The molecular weight excluding hydrogens is 494 g/mol. The van der Waals surface area contributed by atoms with Crippen LogP contribution in [0.5, 0.6) is 0 Å². The number of hydrogen-bond acceptors (Lipinski definition) is 5. The molecule has 0 aliphatic rings. The van der Waals surface area contributed by atoms with Gasteiger partial charge in [0.25, 0.3) is 5.91 Å². The Hall–Kier alpha value is -2.65. The van der Waals surface area contributed by atoms with E-state index in [0.717, 1.165) is 30.6 Å². The van der Waals surface area contributed by atoms with E-state index in [2.05, 4.69) is 41.5 Å². The fourth-order valence-corrected chi connectivity index (χ4v) is 6.62. The number of carbonyl (C=O) groups is 1. The SMILES string of the molecule is CCCC[S+](CCCCc1ccc(N(OS(=O)(=O)[O-])C(=O)c2ccccc2)cc1)Cc1ccccc1. The van der Waals surface area contributed by atoms with E-state index < -0.39 is 16.3 Å². The van der Waals surface area contributed by atoms with Crippen LogP contribution >= 0.6 is 0 Å². The number of hydrogen-bond donors (Lipinski definition) is 0. The molecule has 0 heterocycles. The highest BCUT2D eigenvalue weighted by molar-refractivity contribution is 7.96. The molecule has 0 bridgehead atoms. The zero-order valence-electron chi connectivity index (χ0n) is 20.5. The van der Waals surface area contributed by atoms with Crippen molar-refractivity contribution in [3.05, 3.63) is 102 Å². The summed E-state index contributed by atoms with van der Waals surface area (Å²) in [6.07, 6.45) is 5.53. The minimum Gasteiger partial charge on any atom is -0.724 e. The number of carbonyl (C=O) groups excluding carboxylic acids is 1. The Morgan fingerprint density at radius 1 is 0.833 bits per heavy atom. The standard InChI is InChI=1S/C28H33NO5S2/c1-2-3-21-35(23-25-13-6-4-7-14-25)22-11-10-12-24-17-19-27(20-18-24)29(34-36(31,32)33)28(30)26-15-8-5-9-16-26/h4-9,13-20H,2-3,10-12,21-23H2,1H3. The van der Waals surface area contributed by atoms with E-state index in [0.29, 0.717) is 16.0 Å². The van der Waals surface area contributed by atoms with Gasteiger partial charge in [-0.3, -0.25) is 4.79 Å². The van der Waals surface area contributed by atoms with Crippen LogP contribution in [0.3, 0.4) is 0 Å². The summed E-state index contributed by atoms with van der Waals surface area (Å²) in [5.41, 5.74) is 2.87. The van der Waals surface area contributed by atoms with E-state index in [1.165, 1.54) is 42.0 Å². The van der Waals surface area contributed by atoms with Crippen LogP contribution in [0, 0.1) is 0 Å². The zero-order valence-corrected chi connectivity index (χ0v) is 22.2. The van der Waals surface area contributed by atoms with Crippen LogP contribution in [0.2, 0.25) is 0 Å². The van der Waals surface area contributed by atoms with Gasteiger partial charge in [-0.2, -0.15) is 5.06 Å². The lowest BCUT2D eigenvalue weighted by Crippen LogP contribution is -2.33. The molecule has 0 aliphatic heterocycles. The highest BCUT2D eigenvalue weighted by atomic mass is 32.3. The van der Waals surface area contributed by atoms with Crippen LogP contribution in [0.1, 0.15) is 54.1 Å². The minimum atomic E-state index is -5.13. The second kappa shape index (κ2) is 14.2. The van der Waals surface area contributed by atoms with Gasteiger partial charge in [0.1, 0.15) is 17.3 Å². The van der Waals surface area contributed by atoms with Gasteiger partial charge in [-0.25, -0.2) is 8.42 Å². The van der Waals surface area contributed by atoms with Crippen LogP contribution in [0.15, 0.2) is 84.9 Å². The van der Waals surface area contributed by atoms with Gasteiger partial charge in [0.05, 0.1) is 5.69 Å². The summed E-state index contributed by atoms with van der Waals surface area (Å²) in [5, 5.41) is 0.532. The third kappa shape index (κ3) is 9.43. The summed E-state index contributed by atoms with van der Waals surface area (Å²) in [7, 11) is -4.76. The molecule has 0 saturated heterocycles. The van der Waals surface area contributed by atoms with Crippen molar-refractivity contribution in [3.8, 4) is 0 Å². The van der Waals surface area contributed by atoms with Crippen LogP contribution in [-0.4, -0.2) is 30.4 Å². The lowest BCUT2D eigenvalue weighted by molar-refractivity contribution is 0.0868. The molecule has 0 radical (unpaired) electrons. The Kier molecular flexibility index (Phi) is 11.0. The normalized spacial score (nSPS) is 12.3. The van der Waals surface area contributed by atoms with Crippen molar-refractivity contribution in [3.63, 3.8) is 0 Å².